The summed E-state index contributed by atoms with van der Waals surface area (Å²) in [4.78, 5) is 0. The molecule has 2 atom stereocenters. The Balaban J connectivity index is 2.62. The molecule has 1 aliphatic carbocycles. The van der Waals surface area contributed by atoms with Gasteiger partial charge in [-0.05, 0) is 12.8 Å². The van der Waals surface area contributed by atoms with Crippen LogP contribution in [0.5, 0.6) is 0 Å². The normalized spacial score (nSPS) is 36.1. The Morgan fingerprint density at radius 1 is 1.56 bits per heavy atom. The smallest absolute Gasteiger partial charge is 0.115 e. The van der Waals surface area contributed by atoms with E-state index in [9.17, 15) is 0 Å². The standard InChI is InChI=1S/C6H9ClO2/c7-4-2-1-3-5(8)6(4)9/h2,5-6,8-9H,1,3H2. The van der Waals surface area contributed by atoms with Gasteiger partial charge in [-0.3, -0.25) is 0 Å². The molecule has 0 saturated heterocycles. The zero-order valence-corrected chi connectivity index (χ0v) is 5.67. The molecule has 0 amide bonds. The van der Waals surface area contributed by atoms with E-state index in [1.807, 2.05) is 0 Å². The fraction of sp³-hybridized carbons (Fsp3) is 0.667. The molecular weight excluding hydrogens is 140 g/mol. The van der Waals surface area contributed by atoms with Crippen LogP contribution in [-0.4, -0.2) is 22.4 Å². The largest absolute Gasteiger partial charge is 0.390 e. The van der Waals surface area contributed by atoms with E-state index in [-0.39, 0.29) is 0 Å². The zero-order chi connectivity index (χ0) is 6.85. The predicted molar refractivity (Wildman–Crippen MR) is 35.2 cm³/mol. The van der Waals surface area contributed by atoms with Crippen molar-refractivity contribution in [3.8, 4) is 0 Å². The molecule has 0 radical (unpaired) electrons. The van der Waals surface area contributed by atoms with Gasteiger partial charge in [0.15, 0.2) is 0 Å². The minimum atomic E-state index is -0.847. The van der Waals surface area contributed by atoms with E-state index in [0.717, 1.165) is 6.42 Å². The monoisotopic (exact) mass is 148 g/mol. The first-order valence-corrected chi connectivity index (χ1v) is 3.31. The molecule has 52 valence electrons. The van der Waals surface area contributed by atoms with E-state index < -0.39 is 12.2 Å². The molecule has 2 N–H and O–H groups in total. The molecule has 0 fully saturated rings. The van der Waals surface area contributed by atoms with E-state index in [0.29, 0.717) is 11.5 Å². The SMILES string of the molecule is OC1CCC=C(Cl)C1O. The maximum absolute atomic E-state index is 9.00. The van der Waals surface area contributed by atoms with E-state index in [1.54, 1.807) is 6.08 Å². The van der Waals surface area contributed by atoms with Gasteiger partial charge in [0.25, 0.3) is 0 Å². The lowest BCUT2D eigenvalue weighted by Crippen LogP contribution is -2.28. The van der Waals surface area contributed by atoms with Crippen LogP contribution in [0.3, 0.4) is 0 Å². The Labute approximate surface area is 58.8 Å². The first kappa shape index (κ1) is 7.06. The topological polar surface area (TPSA) is 40.5 Å². The van der Waals surface area contributed by atoms with Gasteiger partial charge < -0.3 is 10.2 Å². The lowest BCUT2D eigenvalue weighted by Gasteiger charge is -2.20. The number of hydrogen-bond donors (Lipinski definition) is 2. The fourth-order valence-corrected chi connectivity index (χ4v) is 1.11. The van der Waals surface area contributed by atoms with Gasteiger partial charge in [0.2, 0.25) is 0 Å². The van der Waals surface area contributed by atoms with Crippen molar-refractivity contribution >= 4 is 11.6 Å². The van der Waals surface area contributed by atoms with Gasteiger partial charge in [-0.1, -0.05) is 17.7 Å². The molecule has 2 unspecified atom stereocenters. The van der Waals surface area contributed by atoms with Crippen molar-refractivity contribution in [1.29, 1.82) is 0 Å². The van der Waals surface area contributed by atoms with Gasteiger partial charge in [-0.15, -0.1) is 0 Å². The quantitative estimate of drug-likeness (QED) is 0.529. The number of aliphatic hydroxyl groups excluding tert-OH is 2. The number of halogens is 1. The average molecular weight is 149 g/mol. The Bertz CT molecular complexity index is 133. The average Bonchev–Trinajstić information content (AvgIpc) is 1.83. The molecule has 0 aromatic carbocycles. The summed E-state index contributed by atoms with van der Waals surface area (Å²) in [5, 5.41) is 18.3. The number of hydrogen-bond acceptors (Lipinski definition) is 2. The third-order valence-electron chi connectivity index (χ3n) is 1.45. The molecule has 0 aliphatic heterocycles. The molecular formula is C6H9ClO2. The van der Waals surface area contributed by atoms with Crippen LogP contribution in [0.25, 0.3) is 0 Å². The molecule has 0 bridgehead atoms. The highest BCUT2D eigenvalue weighted by molar-refractivity contribution is 6.30. The van der Waals surface area contributed by atoms with Gasteiger partial charge >= 0.3 is 0 Å². The van der Waals surface area contributed by atoms with Crippen molar-refractivity contribution in [2.75, 3.05) is 0 Å². The summed E-state index contributed by atoms with van der Waals surface area (Å²) in [6.07, 6.45) is 1.59. The number of allylic oxidation sites excluding steroid dienone is 1. The van der Waals surface area contributed by atoms with Crippen molar-refractivity contribution in [1.82, 2.24) is 0 Å². The van der Waals surface area contributed by atoms with Gasteiger partial charge in [-0.25, -0.2) is 0 Å². The van der Waals surface area contributed by atoms with Crippen LogP contribution < -0.4 is 0 Å². The Morgan fingerprint density at radius 3 is 2.67 bits per heavy atom. The summed E-state index contributed by atoms with van der Waals surface area (Å²) >= 11 is 5.51. The summed E-state index contributed by atoms with van der Waals surface area (Å²) in [6.45, 7) is 0. The minimum absolute atomic E-state index is 0.369. The van der Waals surface area contributed by atoms with E-state index in [4.69, 9.17) is 21.8 Å². The Hall–Kier alpha value is -0.0500. The molecule has 1 rings (SSSR count). The zero-order valence-electron chi connectivity index (χ0n) is 4.92. The van der Waals surface area contributed by atoms with Crippen LogP contribution in [0, 0.1) is 0 Å². The molecule has 0 saturated carbocycles. The second kappa shape index (κ2) is 2.69. The summed E-state index contributed by atoms with van der Waals surface area (Å²) in [7, 11) is 0. The second-order valence-corrected chi connectivity index (χ2v) is 2.61. The Kier molecular flexibility index (Phi) is 2.11. The third kappa shape index (κ3) is 1.45. The number of aliphatic hydroxyl groups is 2. The molecule has 9 heavy (non-hydrogen) atoms. The van der Waals surface area contributed by atoms with E-state index >= 15 is 0 Å². The first-order chi connectivity index (χ1) is 4.22. The van der Waals surface area contributed by atoms with Crippen molar-refractivity contribution in [3.63, 3.8) is 0 Å². The molecule has 2 nitrogen and oxygen atoms in total. The molecule has 0 aromatic rings. The Morgan fingerprint density at radius 2 is 2.22 bits per heavy atom. The van der Waals surface area contributed by atoms with Crippen LogP contribution in [0.15, 0.2) is 11.1 Å². The molecule has 0 heterocycles. The van der Waals surface area contributed by atoms with Crippen molar-refractivity contribution in [2.45, 2.75) is 25.0 Å². The molecule has 3 heteroatoms. The van der Waals surface area contributed by atoms with E-state index in [2.05, 4.69) is 0 Å². The molecule has 1 aliphatic rings. The number of rotatable bonds is 0. The highest BCUT2D eigenvalue weighted by atomic mass is 35.5. The third-order valence-corrected chi connectivity index (χ3v) is 1.83. The van der Waals surface area contributed by atoms with Crippen molar-refractivity contribution in [3.05, 3.63) is 11.1 Å². The second-order valence-electron chi connectivity index (χ2n) is 2.18. The fourth-order valence-electron chi connectivity index (χ4n) is 0.854. The highest BCUT2D eigenvalue weighted by Gasteiger charge is 2.21. The van der Waals surface area contributed by atoms with Crippen LogP contribution in [-0.2, 0) is 0 Å². The van der Waals surface area contributed by atoms with E-state index in [1.165, 1.54) is 0 Å². The molecule has 0 aromatic heterocycles. The minimum Gasteiger partial charge on any atom is -0.390 e. The van der Waals surface area contributed by atoms with Gasteiger partial charge in [-0.2, -0.15) is 0 Å². The van der Waals surface area contributed by atoms with Gasteiger partial charge in [0.05, 0.1) is 6.10 Å². The highest BCUT2D eigenvalue weighted by Crippen LogP contribution is 2.21. The van der Waals surface area contributed by atoms with Crippen molar-refractivity contribution in [2.24, 2.45) is 0 Å². The van der Waals surface area contributed by atoms with Crippen LogP contribution in [0.4, 0.5) is 0 Å². The maximum atomic E-state index is 9.00. The summed E-state index contributed by atoms with van der Waals surface area (Å²) in [5.74, 6) is 0. The summed E-state index contributed by atoms with van der Waals surface area (Å²) < 4.78 is 0. The summed E-state index contributed by atoms with van der Waals surface area (Å²) in [6, 6.07) is 0. The summed E-state index contributed by atoms with van der Waals surface area (Å²) in [5.41, 5.74) is 0. The predicted octanol–water partition coefficient (Wildman–Crippen LogP) is 0.625. The van der Waals surface area contributed by atoms with Crippen LogP contribution in [0.2, 0.25) is 0 Å². The van der Waals surface area contributed by atoms with Crippen molar-refractivity contribution < 1.29 is 10.2 Å². The van der Waals surface area contributed by atoms with Gasteiger partial charge in [0, 0.05) is 5.03 Å². The maximum Gasteiger partial charge on any atom is 0.115 e. The van der Waals surface area contributed by atoms with Gasteiger partial charge in [0.1, 0.15) is 6.10 Å². The lowest BCUT2D eigenvalue weighted by atomic mass is 10.0. The van der Waals surface area contributed by atoms with Crippen LogP contribution in [0.1, 0.15) is 12.8 Å². The molecule has 0 spiro atoms. The first-order valence-electron chi connectivity index (χ1n) is 2.93. The van der Waals surface area contributed by atoms with Crippen LogP contribution >= 0.6 is 11.6 Å². The lowest BCUT2D eigenvalue weighted by molar-refractivity contribution is 0.0360.